The van der Waals surface area contributed by atoms with E-state index in [1.807, 2.05) is 0 Å². The molecule has 2 aromatic rings. The highest BCUT2D eigenvalue weighted by molar-refractivity contribution is 7.80. The molecule has 0 aromatic heterocycles. The molecule has 0 amide bonds. The van der Waals surface area contributed by atoms with Crippen molar-refractivity contribution in [1.29, 1.82) is 0 Å². The van der Waals surface area contributed by atoms with E-state index in [1.165, 1.54) is 29.5 Å². The van der Waals surface area contributed by atoms with Gasteiger partial charge in [0.05, 0.1) is 6.04 Å². The number of benzene rings is 2. The zero-order chi connectivity index (χ0) is 15.4. The van der Waals surface area contributed by atoms with Gasteiger partial charge in [-0.25, -0.2) is 0 Å². The van der Waals surface area contributed by atoms with Gasteiger partial charge in [-0.15, -0.1) is 0 Å². The zero-order valence-corrected chi connectivity index (χ0v) is 13.7. The number of fused-ring (bicyclic) bond motifs is 1. The van der Waals surface area contributed by atoms with E-state index in [0.717, 1.165) is 18.5 Å². The Balaban J connectivity index is 1.65. The van der Waals surface area contributed by atoms with Crippen molar-refractivity contribution >= 4 is 23.0 Å². The number of hydrogen-bond donors (Lipinski definition) is 2. The van der Waals surface area contributed by atoms with Crippen LogP contribution in [0.15, 0.2) is 48.5 Å². The second kappa shape index (κ2) is 6.93. The fourth-order valence-electron chi connectivity index (χ4n) is 3.05. The Labute approximate surface area is 137 Å². The van der Waals surface area contributed by atoms with Crippen molar-refractivity contribution in [2.45, 2.75) is 38.6 Å². The monoisotopic (exact) mass is 310 g/mol. The van der Waals surface area contributed by atoms with Crippen molar-refractivity contribution in [3.05, 3.63) is 65.2 Å². The van der Waals surface area contributed by atoms with Gasteiger partial charge in [-0.1, -0.05) is 43.3 Å². The van der Waals surface area contributed by atoms with Crippen molar-refractivity contribution in [2.24, 2.45) is 0 Å². The van der Waals surface area contributed by atoms with Gasteiger partial charge < -0.3 is 10.6 Å². The van der Waals surface area contributed by atoms with Crippen LogP contribution in [0.3, 0.4) is 0 Å². The first kappa shape index (κ1) is 15.0. The molecule has 114 valence electrons. The Morgan fingerprint density at radius 2 is 1.91 bits per heavy atom. The Hall–Kier alpha value is -1.87. The van der Waals surface area contributed by atoms with Gasteiger partial charge in [0.2, 0.25) is 0 Å². The summed E-state index contributed by atoms with van der Waals surface area (Å²) in [6, 6.07) is 17.4. The van der Waals surface area contributed by atoms with E-state index in [2.05, 4.69) is 66.1 Å². The van der Waals surface area contributed by atoms with Crippen LogP contribution in [0.4, 0.5) is 5.69 Å². The van der Waals surface area contributed by atoms with Gasteiger partial charge in [0.15, 0.2) is 5.11 Å². The summed E-state index contributed by atoms with van der Waals surface area (Å²) in [7, 11) is 0. The summed E-state index contributed by atoms with van der Waals surface area (Å²) >= 11 is 5.48. The Morgan fingerprint density at radius 3 is 2.68 bits per heavy atom. The van der Waals surface area contributed by atoms with Gasteiger partial charge in [0.25, 0.3) is 0 Å². The van der Waals surface area contributed by atoms with Crippen LogP contribution in [0.1, 0.15) is 42.5 Å². The molecule has 0 bridgehead atoms. The van der Waals surface area contributed by atoms with Crippen molar-refractivity contribution in [2.75, 3.05) is 5.32 Å². The largest absolute Gasteiger partial charge is 0.356 e. The Bertz CT molecular complexity index is 649. The average Bonchev–Trinajstić information content (AvgIpc) is 2.56. The predicted octanol–water partition coefficient (Wildman–Crippen LogP) is 4.61. The minimum absolute atomic E-state index is 0.319. The summed E-state index contributed by atoms with van der Waals surface area (Å²) in [6.45, 7) is 2.16. The maximum absolute atomic E-state index is 5.48. The zero-order valence-electron chi connectivity index (χ0n) is 12.9. The van der Waals surface area contributed by atoms with Crippen LogP contribution in [-0.2, 0) is 12.8 Å². The topological polar surface area (TPSA) is 24.1 Å². The fourth-order valence-corrected chi connectivity index (χ4v) is 3.31. The molecule has 0 heterocycles. The van der Waals surface area contributed by atoms with Crippen molar-refractivity contribution in [1.82, 2.24) is 5.32 Å². The summed E-state index contributed by atoms with van der Waals surface area (Å²) in [5.41, 5.74) is 5.21. The molecule has 0 saturated carbocycles. The highest BCUT2D eigenvalue weighted by Crippen LogP contribution is 2.29. The molecule has 0 fully saturated rings. The molecule has 0 spiro atoms. The van der Waals surface area contributed by atoms with Crippen LogP contribution < -0.4 is 10.6 Å². The third-order valence-corrected chi connectivity index (χ3v) is 4.51. The van der Waals surface area contributed by atoms with E-state index in [4.69, 9.17) is 12.2 Å². The van der Waals surface area contributed by atoms with E-state index in [-0.39, 0.29) is 0 Å². The lowest BCUT2D eigenvalue weighted by Gasteiger charge is -2.27. The van der Waals surface area contributed by atoms with Crippen LogP contribution in [0.25, 0.3) is 0 Å². The molecular formula is C19H22N2S. The normalized spacial score (nSPS) is 16.7. The summed E-state index contributed by atoms with van der Waals surface area (Å²) < 4.78 is 0. The maximum atomic E-state index is 5.48. The van der Waals surface area contributed by atoms with Crippen molar-refractivity contribution in [3.8, 4) is 0 Å². The minimum atomic E-state index is 0.319. The maximum Gasteiger partial charge on any atom is 0.171 e. The molecule has 3 rings (SSSR count). The second-order valence-electron chi connectivity index (χ2n) is 5.79. The van der Waals surface area contributed by atoms with Gasteiger partial charge in [-0.05, 0) is 66.7 Å². The van der Waals surface area contributed by atoms with E-state index >= 15 is 0 Å². The van der Waals surface area contributed by atoms with Gasteiger partial charge in [0, 0.05) is 5.69 Å². The number of thiocarbonyl (C=S) groups is 1. The number of hydrogen-bond acceptors (Lipinski definition) is 1. The van der Waals surface area contributed by atoms with Crippen molar-refractivity contribution in [3.63, 3.8) is 0 Å². The molecule has 1 unspecified atom stereocenters. The van der Waals surface area contributed by atoms with Crippen LogP contribution in [-0.4, -0.2) is 5.11 Å². The lowest BCUT2D eigenvalue weighted by Crippen LogP contribution is -2.34. The molecule has 1 aliphatic carbocycles. The predicted molar refractivity (Wildman–Crippen MR) is 97.3 cm³/mol. The van der Waals surface area contributed by atoms with Crippen LogP contribution in [0.5, 0.6) is 0 Å². The lowest BCUT2D eigenvalue weighted by atomic mass is 9.88. The Morgan fingerprint density at radius 1 is 1.14 bits per heavy atom. The van der Waals surface area contributed by atoms with Gasteiger partial charge in [0.1, 0.15) is 0 Å². The second-order valence-corrected chi connectivity index (χ2v) is 6.20. The molecular weight excluding hydrogens is 288 g/mol. The first-order valence-corrected chi connectivity index (χ1v) is 8.41. The van der Waals surface area contributed by atoms with Gasteiger partial charge in [-0.2, -0.15) is 0 Å². The molecule has 0 aliphatic heterocycles. The standard InChI is InChI=1S/C19H22N2S/c1-2-14-10-12-16(13-11-14)20-19(22)21-18-9-5-7-15-6-3-4-8-17(15)18/h3-4,6,8,10-13,18H,2,5,7,9H2,1H3,(H2,20,21,22). The lowest BCUT2D eigenvalue weighted by molar-refractivity contribution is 0.529. The third-order valence-electron chi connectivity index (χ3n) is 4.29. The summed E-state index contributed by atoms with van der Waals surface area (Å²) in [5.74, 6) is 0. The smallest absolute Gasteiger partial charge is 0.171 e. The molecule has 0 radical (unpaired) electrons. The minimum Gasteiger partial charge on any atom is -0.356 e. The summed E-state index contributed by atoms with van der Waals surface area (Å²) in [4.78, 5) is 0. The summed E-state index contributed by atoms with van der Waals surface area (Å²) in [6.07, 6.45) is 4.57. The first-order valence-electron chi connectivity index (χ1n) is 8.00. The number of aryl methyl sites for hydroxylation is 2. The van der Waals surface area contributed by atoms with Crippen molar-refractivity contribution < 1.29 is 0 Å². The van der Waals surface area contributed by atoms with Crippen LogP contribution >= 0.6 is 12.2 Å². The van der Waals surface area contributed by atoms with E-state index in [1.54, 1.807) is 0 Å². The molecule has 1 atom stereocenters. The van der Waals surface area contributed by atoms with E-state index < -0.39 is 0 Å². The molecule has 0 saturated heterocycles. The molecule has 3 heteroatoms. The Kier molecular flexibility index (Phi) is 4.74. The molecule has 1 aliphatic rings. The molecule has 2 nitrogen and oxygen atoms in total. The van der Waals surface area contributed by atoms with Crippen LogP contribution in [0, 0.1) is 0 Å². The first-order chi connectivity index (χ1) is 10.8. The van der Waals surface area contributed by atoms with Crippen LogP contribution in [0.2, 0.25) is 0 Å². The quantitative estimate of drug-likeness (QED) is 0.809. The highest BCUT2D eigenvalue weighted by Gasteiger charge is 2.20. The molecule has 22 heavy (non-hydrogen) atoms. The number of rotatable bonds is 3. The van der Waals surface area contributed by atoms with E-state index in [9.17, 15) is 0 Å². The third kappa shape index (κ3) is 3.47. The number of anilines is 1. The van der Waals surface area contributed by atoms with Gasteiger partial charge >= 0.3 is 0 Å². The van der Waals surface area contributed by atoms with Gasteiger partial charge in [-0.3, -0.25) is 0 Å². The van der Waals surface area contributed by atoms with E-state index in [0.29, 0.717) is 11.2 Å². The molecule has 2 aromatic carbocycles. The fraction of sp³-hybridized carbons (Fsp3) is 0.316. The number of nitrogens with one attached hydrogen (secondary N) is 2. The molecule has 2 N–H and O–H groups in total. The summed E-state index contributed by atoms with van der Waals surface area (Å²) in [5, 5.41) is 7.46. The average molecular weight is 310 g/mol. The SMILES string of the molecule is CCc1ccc(NC(=S)NC2CCCc3ccccc32)cc1. The highest BCUT2D eigenvalue weighted by atomic mass is 32.1.